The van der Waals surface area contributed by atoms with Gasteiger partial charge in [0.2, 0.25) is 0 Å². The fourth-order valence-electron chi connectivity index (χ4n) is 1.59. The first kappa shape index (κ1) is 13.5. The molecule has 7 heteroatoms. The molecule has 0 radical (unpaired) electrons. The normalized spacial score (nSPS) is 11.9. The number of halogens is 4. The molecule has 0 unspecified atom stereocenters. The first-order valence-corrected chi connectivity index (χ1v) is 5.58. The van der Waals surface area contributed by atoms with Crippen LogP contribution < -0.4 is 4.90 Å². The maximum Gasteiger partial charge on any atom is 0.433 e. The van der Waals surface area contributed by atoms with Crippen molar-refractivity contribution in [1.29, 1.82) is 0 Å². The summed E-state index contributed by atoms with van der Waals surface area (Å²) in [5.74, 6) is -0.597. The molecule has 3 nitrogen and oxygen atoms in total. The van der Waals surface area contributed by atoms with Gasteiger partial charge in [-0.25, -0.2) is 14.4 Å². The summed E-state index contributed by atoms with van der Waals surface area (Å²) in [5.41, 5.74) is -1.16. The molecule has 0 N–H and O–H groups in total. The number of rotatable bonds is 2. The van der Waals surface area contributed by atoms with Gasteiger partial charge in [0.15, 0.2) is 17.3 Å². The van der Waals surface area contributed by atoms with Crippen LogP contribution in [-0.4, -0.2) is 23.6 Å². The highest BCUT2D eigenvalue weighted by Gasteiger charge is 2.32. The van der Waals surface area contributed by atoms with Crippen LogP contribution in [0.25, 0.3) is 11.0 Å². The fraction of sp³-hybridized carbons (Fsp3) is 0.333. The van der Waals surface area contributed by atoms with Crippen molar-refractivity contribution in [2.45, 2.75) is 13.1 Å². The largest absolute Gasteiger partial charge is 0.433 e. The second kappa shape index (κ2) is 4.64. The van der Waals surface area contributed by atoms with E-state index >= 15 is 0 Å². The molecule has 2 heterocycles. The van der Waals surface area contributed by atoms with E-state index in [1.54, 1.807) is 14.0 Å². The van der Waals surface area contributed by atoms with Crippen molar-refractivity contribution in [3.8, 4) is 0 Å². The van der Waals surface area contributed by atoms with E-state index < -0.39 is 17.7 Å². The average Bonchev–Trinajstić information content (AvgIpc) is 2.35. The Hall–Kier alpha value is -1.92. The summed E-state index contributed by atoms with van der Waals surface area (Å²) < 4.78 is 51.4. The van der Waals surface area contributed by atoms with Gasteiger partial charge in [0.25, 0.3) is 0 Å². The Bertz CT molecular complexity index is 610. The van der Waals surface area contributed by atoms with Crippen LogP contribution in [-0.2, 0) is 6.18 Å². The lowest BCUT2D eigenvalue weighted by Gasteiger charge is -2.16. The maximum atomic E-state index is 13.7. The molecular formula is C12H11F4N3. The van der Waals surface area contributed by atoms with Crippen molar-refractivity contribution < 1.29 is 17.6 Å². The van der Waals surface area contributed by atoms with E-state index in [-0.39, 0.29) is 16.9 Å². The summed E-state index contributed by atoms with van der Waals surface area (Å²) in [6.07, 6.45) is -4.54. The van der Waals surface area contributed by atoms with Gasteiger partial charge in [-0.2, -0.15) is 13.2 Å². The topological polar surface area (TPSA) is 29.0 Å². The molecule has 0 aliphatic carbocycles. The third kappa shape index (κ3) is 2.59. The quantitative estimate of drug-likeness (QED) is 0.786. The van der Waals surface area contributed by atoms with E-state index in [9.17, 15) is 17.6 Å². The Morgan fingerprint density at radius 3 is 2.47 bits per heavy atom. The van der Waals surface area contributed by atoms with Gasteiger partial charge in [0.05, 0.1) is 0 Å². The molecule has 0 aromatic carbocycles. The first-order chi connectivity index (χ1) is 8.82. The van der Waals surface area contributed by atoms with Crippen molar-refractivity contribution in [1.82, 2.24) is 9.97 Å². The molecule has 0 amide bonds. The number of anilines is 1. The Labute approximate surface area is 106 Å². The Morgan fingerprint density at radius 2 is 1.89 bits per heavy atom. The van der Waals surface area contributed by atoms with Gasteiger partial charge in [-0.05, 0) is 25.1 Å². The van der Waals surface area contributed by atoms with Crippen molar-refractivity contribution >= 4 is 16.9 Å². The van der Waals surface area contributed by atoms with Crippen LogP contribution >= 0.6 is 0 Å². The predicted octanol–water partition coefficient (Wildman–Crippen LogP) is 3.24. The van der Waals surface area contributed by atoms with Gasteiger partial charge in [0, 0.05) is 19.0 Å². The van der Waals surface area contributed by atoms with Gasteiger partial charge in [-0.3, -0.25) is 0 Å². The number of pyridine rings is 2. The summed E-state index contributed by atoms with van der Waals surface area (Å²) in [4.78, 5) is 8.79. The second-order valence-corrected chi connectivity index (χ2v) is 4.05. The van der Waals surface area contributed by atoms with Gasteiger partial charge in [-0.1, -0.05) is 0 Å². The Kier molecular flexibility index (Phi) is 3.30. The number of aromatic nitrogens is 2. The van der Waals surface area contributed by atoms with E-state index in [0.717, 1.165) is 18.2 Å². The zero-order valence-corrected chi connectivity index (χ0v) is 10.3. The zero-order chi connectivity index (χ0) is 14.2. The summed E-state index contributed by atoms with van der Waals surface area (Å²) in [6.45, 7) is 2.26. The summed E-state index contributed by atoms with van der Waals surface area (Å²) in [6, 6.07) is 3.11. The van der Waals surface area contributed by atoms with E-state index in [0.29, 0.717) is 6.54 Å². The number of hydrogen-bond acceptors (Lipinski definition) is 3. The van der Waals surface area contributed by atoms with Crippen LogP contribution in [0.2, 0.25) is 0 Å². The zero-order valence-electron chi connectivity index (χ0n) is 10.3. The smallest absolute Gasteiger partial charge is 0.357 e. The molecule has 0 aliphatic rings. The van der Waals surface area contributed by atoms with Crippen LogP contribution in [0.3, 0.4) is 0 Å². The van der Waals surface area contributed by atoms with Gasteiger partial charge >= 0.3 is 6.18 Å². The van der Waals surface area contributed by atoms with E-state index in [2.05, 4.69) is 9.97 Å². The van der Waals surface area contributed by atoms with Crippen LogP contribution in [0.1, 0.15) is 12.6 Å². The van der Waals surface area contributed by atoms with Gasteiger partial charge < -0.3 is 4.90 Å². The van der Waals surface area contributed by atoms with Crippen molar-refractivity contribution in [2.24, 2.45) is 0 Å². The van der Waals surface area contributed by atoms with Crippen molar-refractivity contribution in [2.75, 3.05) is 18.5 Å². The fourth-order valence-corrected chi connectivity index (χ4v) is 1.59. The first-order valence-electron chi connectivity index (χ1n) is 5.58. The van der Waals surface area contributed by atoms with Crippen molar-refractivity contribution in [3.05, 3.63) is 29.7 Å². The van der Waals surface area contributed by atoms with E-state index in [4.69, 9.17) is 0 Å². The minimum absolute atomic E-state index is 0.0122. The number of nitrogens with zero attached hydrogens (tertiary/aromatic N) is 3. The Balaban J connectivity index is 2.61. The molecule has 0 aliphatic heterocycles. The third-order valence-corrected chi connectivity index (χ3v) is 2.74. The second-order valence-electron chi connectivity index (χ2n) is 4.05. The minimum atomic E-state index is -4.54. The monoisotopic (exact) mass is 273 g/mol. The van der Waals surface area contributed by atoms with Gasteiger partial charge in [-0.15, -0.1) is 0 Å². The van der Waals surface area contributed by atoms with Crippen LogP contribution in [0.5, 0.6) is 0 Å². The molecule has 0 saturated heterocycles. The van der Waals surface area contributed by atoms with Gasteiger partial charge in [0.1, 0.15) is 5.69 Å². The molecule has 0 spiro atoms. The number of hydrogen-bond donors (Lipinski definition) is 0. The highest BCUT2D eigenvalue weighted by molar-refractivity contribution is 5.77. The Morgan fingerprint density at radius 1 is 1.21 bits per heavy atom. The lowest BCUT2D eigenvalue weighted by molar-refractivity contribution is -0.141. The van der Waals surface area contributed by atoms with Crippen LogP contribution in [0.4, 0.5) is 23.4 Å². The lowest BCUT2D eigenvalue weighted by Crippen LogP contribution is -2.19. The molecule has 102 valence electrons. The highest BCUT2D eigenvalue weighted by Crippen LogP contribution is 2.29. The minimum Gasteiger partial charge on any atom is -0.357 e. The molecule has 0 bridgehead atoms. The number of alkyl halides is 3. The molecule has 2 aromatic heterocycles. The molecule has 19 heavy (non-hydrogen) atoms. The average molecular weight is 273 g/mol. The molecule has 0 atom stereocenters. The van der Waals surface area contributed by atoms with Crippen molar-refractivity contribution in [3.63, 3.8) is 0 Å². The molecule has 0 saturated carbocycles. The summed E-state index contributed by atoms with van der Waals surface area (Å²) >= 11 is 0. The summed E-state index contributed by atoms with van der Waals surface area (Å²) in [7, 11) is 1.60. The third-order valence-electron chi connectivity index (χ3n) is 2.74. The molecule has 2 rings (SSSR count). The van der Waals surface area contributed by atoms with Crippen LogP contribution in [0.15, 0.2) is 18.2 Å². The number of fused-ring (bicyclic) bond motifs is 1. The molecule has 0 fully saturated rings. The maximum absolute atomic E-state index is 13.7. The lowest BCUT2D eigenvalue weighted by atomic mass is 10.2. The molecule has 2 aromatic rings. The van der Waals surface area contributed by atoms with E-state index in [1.165, 1.54) is 4.90 Å². The predicted molar refractivity (Wildman–Crippen MR) is 63.4 cm³/mol. The highest BCUT2D eigenvalue weighted by atomic mass is 19.4. The summed E-state index contributed by atoms with van der Waals surface area (Å²) in [5, 5.41) is 0.235. The van der Waals surface area contributed by atoms with E-state index in [1.807, 2.05) is 0 Å². The van der Waals surface area contributed by atoms with Crippen LogP contribution in [0, 0.1) is 5.82 Å². The SMILES string of the molecule is CCN(C)c1nc2nc(C(F)(F)F)ccc2cc1F. The molecular weight excluding hydrogens is 262 g/mol. The standard InChI is InChI=1S/C12H11F4N3/c1-3-19(2)11-8(13)6-7-4-5-9(12(14,15)16)17-10(7)18-11/h4-6H,3H2,1-2H3.